The number of benzene rings is 1. The molecule has 39 heavy (non-hydrogen) atoms. The Balaban J connectivity index is 1.37. The Bertz CT molecular complexity index is 1170. The summed E-state index contributed by atoms with van der Waals surface area (Å²) in [5.41, 5.74) is 1.79. The van der Waals surface area contributed by atoms with Gasteiger partial charge in [-0.3, -0.25) is 24.7 Å². The number of para-hydroxylation sites is 1. The van der Waals surface area contributed by atoms with Crippen molar-refractivity contribution in [3.63, 3.8) is 0 Å². The third-order valence-corrected chi connectivity index (χ3v) is 9.64. The largest absolute Gasteiger partial charge is 0.344 e. The maximum absolute atomic E-state index is 14.2. The van der Waals surface area contributed by atoms with Crippen LogP contribution in [0.2, 0.25) is 0 Å². The normalized spacial score (nSPS) is 27.8. The van der Waals surface area contributed by atoms with Crippen molar-refractivity contribution in [3.05, 3.63) is 29.3 Å². The van der Waals surface area contributed by atoms with Crippen LogP contribution in [0.1, 0.15) is 67.6 Å². The number of carbonyl (C=O) groups is 3. The lowest BCUT2D eigenvalue weighted by molar-refractivity contribution is -0.140. The highest BCUT2D eigenvalue weighted by atomic mass is 32.1. The second-order valence-corrected chi connectivity index (χ2v) is 12.0. The quantitative estimate of drug-likeness (QED) is 0.0540. The SMILES string of the molecule is NNC=NCCC[C@H](NC(=O)[C@]1(C(=O)[C@@H]2NCC[C@@H]3CCCC[C@@H]32)CCCN1)C(=O)c1nc2ccccc2s1. The van der Waals surface area contributed by atoms with Gasteiger partial charge >= 0.3 is 0 Å². The minimum absolute atomic E-state index is 0.0705. The van der Waals surface area contributed by atoms with Crippen molar-refractivity contribution < 1.29 is 14.4 Å². The molecule has 1 amide bonds. The molecule has 1 aromatic carbocycles. The molecule has 5 atom stereocenters. The molecule has 0 spiro atoms. The van der Waals surface area contributed by atoms with Gasteiger partial charge in [0.25, 0.3) is 0 Å². The van der Waals surface area contributed by atoms with Gasteiger partial charge in [-0.2, -0.15) is 0 Å². The molecule has 1 aromatic heterocycles. The number of nitrogens with zero attached hydrogens (tertiary/aromatic N) is 2. The Morgan fingerprint density at radius 3 is 2.82 bits per heavy atom. The number of thiazole rings is 1. The molecule has 1 aliphatic carbocycles. The fraction of sp³-hybridized carbons (Fsp3) is 0.607. The molecule has 210 valence electrons. The summed E-state index contributed by atoms with van der Waals surface area (Å²) in [5, 5.41) is 10.1. The van der Waals surface area contributed by atoms with E-state index in [2.05, 4.69) is 31.4 Å². The Labute approximate surface area is 233 Å². The van der Waals surface area contributed by atoms with Crippen LogP contribution in [-0.2, 0) is 9.59 Å². The van der Waals surface area contributed by atoms with Crippen LogP contribution in [0, 0.1) is 11.8 Å². The van der Waals surface area contributed by atoms with E-state index < -0.39 is 17.5 Å². The first-order valence-corrected chi connectivity index (χ1v) is 15.0. The van der Waals surface area contributed by atoms with Gasteiger partial charge in [0.2, 0.25) is 11.7 Å². The van der Waals surface area contributed by atoms with Crippen LogP contribution in [-0.4, -0.2) is 66.1 Å². The van der Waals surface area contributed by atoms with Crippen LogP contribution in [0.25, 0.3) is 10.2 Å². The lowest BCUT2D eigenvalue weighted by Gasteiger charge is -2.44. The Kier molecular flexibility index (Phi) is 9.01. The van der Waals surface area contributed by atoms with Gasteiger partial charge in [-0.25, -0.2) is 10.8 Å². The number of hydrogen-bond donors (Lipinski definition) is 5. The van der Waals surface area contributed by atoms with E-state index >= 15 is 0 Å². The highest BCUT2D eigenvalue weighted by Crippen LogP contribution is 2.39. The maximum atomic E-state index is 14.2. The average Bonchev–Trinajstić information content (AvgIpc) is 3.64. The number of ketones is 2. The number of carbonyl (C=O) groups excluding carboxylic acids is 3. The summed E-state index contributed by atoms with van der Waals surface area (Å²) in [7, 11) is 0. The van der Waals surface area contributed by atoms with Crippen molar-refractivity contribution >= 4 is 45.4 Å². The molecule has 5 rings (SSSR count). The molecule has 0 unspecified atom stereocenters. The number of aromatic nitrogens is 1. The average molecular weight is 554 g/mol. The minimum atomic E-state index is -1.33. The number of hydrogen-bond acceptors (Lipinski definition) is 9. The number of fused-ring (bicyclic) bond motifs is 2. The molecule has 3 heterocycles. The minimum Gasteiger partial charge on any atom is -0.344 e. The smallest absolute Gasteiger partial charge is 0.248 e. The predicted molar refractivity (Wildman–Crippen MR) is 153 cm³/mol. The van der Waals surface area contributed by atoms with E-state index in [4.69, 9.17) is 5.84 Å². The molecule has 1 saturated carbocycles. The summed E-state index contributed by atoms with van der Waals surface area (Å²) in [6.07, 6.45) is 9.09. The van der Waals surface area contributed by atoms with Crippen molar-refractivity contribution in [2.75, 3.05) is 19.6 Å². The number of hydrazine groups is 1. The summed E-state index contributed by atoms with van der Waals surface area (Å²) >= 11 is 1.32. The summed E-state index contributed by atoms with van der Waals surface area (Å²) in [6.45, 7) is 1.84. The van der Waals surface area contributed by atoms with Gasteiger partial charge in [0.05, 0.1) is 28.6 Å². The van der Waals surface area contributed by atoms with E-state index in [9.17, 15) is 14.4 Å². The maximum Gasteiger partial charge on any atom is 0.248 e. The van der Waals surface area contributed by atoms with E-state index in [1.807, 2.05) is 24.3 Å². The Morgan fingerprint density at radius 1 is 1.18 bits per heavy atom. The number of nitrogens with one attached hydrogen (secondary N) is 4. The van der Waals surface area contributed by atoms with E-state index in [0.29, 0.717) is 43.3 Å². The van der Waals surface area contributed by atoms with Gasteiger partial charge in [0, 0.05) is 6.54 Å². The van der Waals surface area contributed by atoms with E-state index in [1.54, 1.807) is 0 Å². The number of nitrogens with two attached hydrogens (primary N) is 1. The number of aliphatic imine (C=N–C) groups is 1. The van der Waals surface area contributed by atoms with Crippen molar-refractivity contribution in [2.24, 2.45) is 22.7 Å². The third kappa shape index (κ3) is 5.91. The molecule has 0 radical (unpaired) electrons. The zero-order valence-corrected chi connectivity index (χ0v) is 23.1. The van der Waals surface area contributed by atoms with Gasteiger partial charge < -0.3 is 16.1 Å². The zero-order chi connectivity index (χ0) is 27.2. The van der Waals surface area contributed by atoms with Crippen LogP contribution in [0.15, 0.2) is 29.3 Å². The molecule has 11 heteroatoms. The van der Waals surface area contributed by atoms with Crippen molar-refractivity contribution in [3.8, 4) is 0 Å². The van der Waals surface area contributed by atoms with Crippen LogP contribution in [0.4, 0.5) is 0 Å². The monoisotopic (exact) mass is 553 g/mol. The first-order chi connectivity index (χ1) is 19.0. The fourth-order valence-corrected chi connectivity index (χ4v) is 7.56. The molecule has 2 saturated heterocycles. The third-order valence-electron chi connectivity index (χ3n) is 8.59. The van der Waals surface area contributed by atoms with Crippen LogP contribution < -0.4 is 27.2 Å². The van der Waals surface area contributed by atoms with Crippen molar-refractivity contribution in [1.82, 2.24) is 26.4 Å². The van der Waals surface area contributed by atoms with E-state index in [1.165, 1.54) is 24.1 Å². The standard InChI is InChI=1S/C28H39N7O3S/c29-33-17-30-14-5-10-21(24(36)26-34-20-9-3-4-11-22(20)39-26)35-27(38)28(13-6-15-32-28)25(37)23-19-8-2-1-7-18(19)12-16-31-23/h3-4,9,11,17-19,21,23,31-32H,1-2,5-8,10,12-16,29H2,(H,30,33)(H,35,38)/t18-,19-,21-,23+,28+/m0/s1. The first-order valence-electron chi connectivity index (χ1n) is 14.2. The first kappa shape index (κ1) is 27.8. The Morgan fingerprint density at radius 2 is 2.03 bits per heavy atom. The second kappa shape index (κ2) is 12.6. The van der Waals surface area contributed by atoms with Crippen molar-refractivity contribution in [2.45, 2.75) is 75.4 Å². The van der Waals surface area contributed by atoms with E-state index in [0.717, 1.165) is 48.9 Å². The van der Waals surface area contributed by atoms with Crippen LogP contribution >= 0.6 is 11.3 Å². The van der Waals surface area contributed by atoms with Crippen molar-refractivity contribution in [1.29, 1.82) is 0 Å². The van der Waals surface area contributed by atoms with Gasteiger partial charge in [0.15, 0.2) is 16.3 Å². The van der Waals surface area contributed by atoms with Gasteiger partial charge in [-0.15, -0.1) is 11.3 Å². The summed E-state index contributed by atoms with van der Waals surface area (Å²) in [4.78, 5) is 50.6. The zero-order valence-electron chi connectivity index (χ0n) is 22.3. The molecule has 3 aliphatic rings. The molecule has 10 nitrogen and oxygen atoms in total. The lowest BCUT2D eigenvalue weighted by Crippen LogP contribution is -2.67. The summed E-state index contributed by atoms with van der Waals surface area (Å²) in [6, 6.07) is 6.45. The van der Waals surface area contributed by atoms with Gasteiger partial charge in [0.1, 0.15) is 0 Å². The summed E-state index contributed by atoms with van der Waals surface area (Å²) in [5.74, 6) is 5.33. The fourth-order valence-electron chi connectivity index (χ4n) is 6.60. The second-order valence-electron chi connectivity index (χ2n) is 10.9. The molecule has 3 fully saturated rings. The topological polar surface area (TPSA) is 151 Å². The van der Waals surface area contributed by atoms with E-state index in [-0.39, 0.29) is 23.5 Å². The number of amides is 1. The summed E-state index contributed by atoms with van der Waals surface area (Å²) < 4.78 is 0.916. The molecule has 6 N–H and O–H groups in total. The molecule has 2 aromatic rings. The van der Waals surface area contributed by atoms with Gasteiger partial charge in [-0.05, 0) is 75.6 Å². The van der Waals surface area contributed by atoms with Gasteiger partial charge in [-0.1, -0.05) is 31.4 Å². The molecule has 0 bridgehead atoms. The Hall–Kier alpha value is -2.73. The number of piperidine rings is 1. The molecular formula is C28H39N7O3S. The molecular weight excluding hydrogens is 514 g/mol. The number of Topliss-reactive ketones (excluding diaryl/α,β-unsaturated/α-hetero) is 2. The number of rotatable bonds is 11. The molecule has 2 aliphatic heterocycles. The van der Waals surface area contributed by atoms with Crippen LogP contribution in [0.3, 0.4) is 0 Å². The predicted octanol–water partition coefficient (Wildman–Crippen LogP) is 2.10. The highest BCUT2D eigenvalue weighted by molar-refractivity contribution is 7.20. The lowest BCUT2D eigenvalue weighted by atomic mass is 9.68. The van der Waals surface area contributed by atoms with Crippen LogP contribution in [0.5, 0.6) is 0 Å². The highest BCUT2D eigenvalue weighted by Gasteiger charge is 2.53.